The SMILES string of the molecule is Cc1cnc(-c2cc(Oc3ccc4nc(N[C@@H](C)C5CCCCC5)sc4c3)ccn2)[nH]1. The maximum absolute atomic E-state index is 6.12. The predicted octanol–water partition coefficient (Wildman–Crippen LogP) is 6.56. The van der Waals surface area contributed by atoms with Gasteiger partial charge in [0, 0.05) is 36.3 Å². The van der Waals surface area contributed by atoms with Gasteiger partial charge in [0.25, 0.3) is 0 Å². The van der Waals surface area contributed by atoms with Crippen LogP contribution in [0.5, 0.6) is 11.5 Å². The van der Waals surface area contributed by atoms with E-state index in [0.717, 1.165) is 50.0 Å². The van der Waals surface area contributed by atoms with E-state index in [-0.39, 0.29) is 0 Å². The predicted molar refractivity (Wildman–Crippen MR) is 126 cm³/mol. The highest BCUT2D eigenvalue weighted by atomic mass is 32.1. The molecule has 1 atom stereocenters. The molecular weight excluding hydrogens is 406 g/mol. The van der Waals surface area contributed by atoms with E-state index in [9.17, 15) is 0 Å². The first-order valence-electron chi connectivity index (χ1n) is 11.0. The van der Waals surface area contributed by atoms with Crippen molar-refractivity contribution in [3.63, 3.8) is 0 Å². The Morgan fingerprint density at radius 1 is 1.10 bits per heavy atom. The Balaban J connectivity index is 1.31. The zero-order valence-electron chi connectivity index (χ0n) is 17.9. The number of fused-ring (bicyclic) bond motifs is 1. The summed E-state index contributed by atoms with van der Waals surface area (Å²) in [6.45, 7) is 4.26. The van der Waals surface area contributed by atoms with Crippen LogP contribution in [0.3, 0.4) is 0 Å². The second kappa shape index (κ2) is 8.67. The zero-order valence-corrected chi connectivity index (χ0v) is 18.7. The highest BCUT2D eigenvalue weighted by Crippen LogP contribution is 2.34. The van der Waals surface area contributed by atoms with Crippen LogP contribution < -0.4 is 10.1 Å². The third kappa shape index (κ3) is 4.56. The zero-order chi connectivity index (χ0) is 21.2. The summed E-state index contributed by atoms with van der Waals surface area (Å²) in [6, 6.07) is 10.3. The van der Waals surface area contributed by atoms with Crippen LogP contribution >= 0.6 is 11.3 Å². The van der Waals surface area contributed by atoms with Gasteiger partial charge in [-0.15, -0.1) is 0 Å². The number of hydrogen-bond acceptors (Lipinski definition) is 6. The van der Waals surface area contributed by atoms with Gasteiger partial charge in [-0.3, -0.25) is 4.98 Å². The second-order valence-electron chi connectivity index (χ2n) is 8.37. The highest BCUT2D eigenvalue weighted by molar-refractivity contribution is 7.22. The molecule has 4 aromatic rings. The maximum atomic E-state index is 6.12. The first kappa shape index (κ1) is 20.0. The number of thiazole rings is 1. The first-order chi connectivity index (χ1) is 15.1. The molecule has 2 N–H and O–H groups in total. The molecule has 1 aromatic carbocycles. The summed E-state index contributed by atoms with van der Waals surface area (Å²) >= 11 is 1.69. The number of aromatic nitrogens is 4. The van der Waals surface area contributed by atoms with Crippen LogP contribution in [0.2, 0.25) is 0 Å². The van der Waals surface area contributed by atoms with Gasteiger partial charge in [0.05, 0.1) is 10.2 Å². The molecule has 0 bridgehead atoms. The summed E-state index contributed by atoms with van der Waals surface area (Å²) in [5.41, 5.74) is 2.76. The summed E-state index contributed by atoms with van der Waals surface area (Å²) < 4.78 is 7.24. The summed E-state index contributed by atoms with van der Waals surface area (Å²) in [5, 5.41) is 4.64. The molecule has 0 unspecified atom stereocenters. The minimum atomic E-state index is 0.456. The lowest BCUT2D eigenvalue weighted by Gasteiger charge is -2.28. The van der Waals surface area contributed by atoms with Crippen molar-refractivity contribution < 1.29 is 4.74 Å². The number of anilines is 1. The minimum Gasteiger partial charge on any atom is -0.457 e. The average Bonchev–Trinajstić information content (AvgIpc) is 3.40. The number of aryl methyl sites for hydroxylation is 1. The Morgan fingerprint density at radius 2 is 1.94 bits per heavy atom. The van der Waals surface area contributed by atoms with Gasteiger partial charge in [-0.05, 0) is 50.8 Å². The number of nitrogens with zero attached hydrogens (tertiary/aromatic N) is 3. The standard InChI is InChI=1S/C24H27N5OS/c1-15-14-26-23(27-15)21-12-19(10-11-25-21)30-18-8-9-20-22(13-18)31-24(29-20)28-16(2)17-6-4-3-5-7-17/h8-14,16-17H,3-7H2,1-2H3,(H,26,27)(H,28,29)/t16-/m0/s1. The van der Waals surface area contributed by atoms with Gasteiger partial charge in [0.15, 0.2) is 11.0 Å². The molecule has 1 saturated carbocycles. The molecule has 0 amide bonds. The molecule has 7 heteroatoms. The third-order valence-electron chi connectivity index (χ3n) is 5.98. The fraction of sp³-hybridized carbons (Fsp3) is 0.375. The number of rotatable bonds is 6. The molecule has 0 saturated heterocycles. The quantitative estimate of drug-likeness (QED) is 0.360. The van der Waals surface area contributed by atoms with Crippen molar-refractivity contribution in [3.05, 3.63) is 48.4 Å². The Labute approximate surface area is 186 Å². The van der Waals surface area contributed by atoms with Gasteiger partial charge in [-0.1, -0.05) is 30.6 Å². The van der Waals surface area contributed by atoms with Crippen LogP contribution in [0.15, 0.2) is 42.7 Å². The molecule has 1 aliphatic carbocycles. The second-order valence-corrected chi connectivity index (χ2v) is 9.40. The van der Waals surface area contributed by atoms with Crippen molar-refractivity contribution in [2.24, 2.45) is 5.92 Å². The lowest BCUT2D eigenvalue weighted by molar-refractivity contribution is 0.328. The highest BCUT2D eigenvalue weighted by Gasteiger charge is 2.21. The Morgan fingerprint density at radius 3 is 2.74 bits per heavy atom. The van der Waals surface area contributed by atoms with Gasteiger partial charge < -0.3 is 15.0 Å². The van der Waals surface area contributed by atoms with Crippen LogP contribution in [-0.2, 0) is 0 Å². The third-order valence-corrected chi connectivity index (χ3v) is 6.93. The number of imidazole rings is 1. The summed E-state index contributed by atoms with van der Waals surface area (Å²) in [4.78, 5) is 16.7. The summed E-state index contributed by atoms with van der Waals surface area (Å²) in [7, 11) is 0. The van der Waals surface area contributed by atoms with Crippen molar-refractivity contribution >= 4 is 26.7 Å². The van der Waals surface area contributed by atoms with E-state index in [1.54, 1.807) is 23.7 Å². The molecule has 6 nitrogen and oxygen atoms in total. The van der Waals surface area contributed by atoms with E-state index in [0.29, 0.717) is 6.04 Å². The fourth-order valence-electron chi connectivity index (χ4n) is 4.26. The van der Waals surface area contributed by atoms with E-state index in [4.69, 9.17) is 9.72 Å². The minimum absolute atomic E-state index is 0.456. The van der Waals surface area contributed by atoms with Gasteiger partial charge in [0.2, 0.25) is 0 Å². The molecule has 1 fully saturated rings. The van der Waals surface area contributed by atoms with E-state index in [1.165, 1.54) is 32.1 Å². The van der Waals surface area contributed by atoms with E-state index < -0.39 is 0 Å². The lowest BCUT2D eigenvalue weighted by Crippen LogP contribution is -2.27. The number of hydrogen-bond donors (Lipinski definition) is 2. The monoisotopic (exact) mass is 433 g/mol. The van der Waals surface area contributed by atoms with Crippen LogP contribution in [-0.4, -0.2) is 26.0 Å². The van der Waals surface area contributed by atoms with Crippen molar-refractivity contribution in [1.29, 1.82) is 0 Å². The Hall–Kier alpha value is -2.93. The number of ether oxygens (including phenoxy) is 1. The summed E-state index contributed by atoms with van der Waals surface area (Å²) in [6.07, 6.45) is 10.3. The Bertz CT molecular complexity index is 1180. The average molecular weight is 434 g/mol. The van der Waals surface area contributed by atoms with Gasteiger partial charge in [-0.25, -0.2) is 9.97 Å². The van der Waals surface area contributed by atoms with Crippen LogP contribution in [0.1, 0.15) is 44.7 Å². The summed E-state index contributed by atoms with van der Waals surface area (Å²) in [5.74, 6) is 3.00. The molecule has 1 aliphatic rings. The fourth-order valence-corrected chi connectivity index (χ4v) is 5.25. The molecule has 5 rings (SSSR count). The van der Waals surface area contributed by atoms with Crippen LogP contribution in [0.4, 0.5) is 5.13 Å². The van der Waals surface area contributed by atoms with Crippen LogP contribution in [0.25, 0.3) is 21.7 Å². The van der Waals surface area contributed by atoms with Crippen molar-refractivity contribution in [1.82, 2.24) is 19.9 Å². The molecule has 160 valence electrons. The first-order valence-corrected chi connectivity index (χ1v) is 11.8. The van der Waals surface area contributed by atoms with Crippen LogP contribution in [0, 0.1) is 12.8 Å². The van der Waals surface area contributed by atoms with Crippen molar-refractivity contribution in [2.45, 2.75) is 52.0 Å². The topological polar surface area (TPSA) is 75.7 Å². The molecule has 0 spiro atoms. The molecule has 3 aromatic heterocycles. The molecular formula is C24H27N5OS. The number of benzene rings is 1. The number of nitrogens with one attached hydrogen (secondary N) is 2. The molecule has 3 heterocycles. The molecule has 31 heavy (non-hydrogen) atoms. The van der Waals surface area contributed by atoms with E-state index >= 15 is 0 Å². The van der Waals surface area contributed by atoms with E-state index in [2.05, 4.69) is 33.3 Å². The normalized spacial score (nSPS) is 15.8. The van der Waals surface area contributed by atoms with Crippen molar-refractivity contribution in [3.8, 4) is 23.0 Å². The largest absolute Gasteiger partial charge is 0.457 e. The smallest absolute Gasteiger partial charge is 0.184 e. The van der Waals surface area contributed by atoms with E-state index in [1.807, 2.05) is 31.2 Å². The molecule has 0 aliphatic heterocycles. The van der Waals surface area contributed by atoms with Gasteiger partial charge in [-0.2, -0.15) is 0 Å². The molecule has 0 radical (unpaired) electrons. The lowest BCUT2D eigenvalue weighted by atomic mass is 9.85. The number of H-pyrrole nitrogens is 1. The van der Waals surface area contributed by atoms with Gasteiger partial charge in [0.1, 0.15) is 17.2 Å². The number of aromatic amines is 1. The maximum Gasteiger partial charge on any atom is 0.184 e. The Kier molecular flexibility index (Phi) is 5.59. The number of pyridine rings is 1. The van der Waals surface area contributed by atoms with Crippen molar-refractivity contribution in [2.75, 3.05) is 5.32 Å². The van der Waals surface area contributed by atoms with Gasteiger partial charge >= 0.3 is 0 Å².